The molecule has 0 aliphatic rings. The van der Waals surface area contributed by atoms with E-state index in [9.17, 15) is 18.8 Å². The maximum absolute atomic E-state index is 13.9. The second-order valence-corrected chi connectivity index (χ2v) is 8.34. The van der Waals surface area contributed by atoms with Crippen molar-refractivity contribution < 1.29 is 23.5 Å². The number of primary amides is 1. The summed E-state index contributed by atoms with van der Waals surface area (Å²) < 4.78 is 22.6. The summed E-state index contributed by atoms with van der Waals surface area (Å²) in [6.07, 6.45) is 0.775. The predicted octanol–water partition coefficient (Wildman–Crippen LogP) is 2.68. The number of benzene rings is 2. The Morgan fingerprint density at radius 1 is 1.14 bits per heavy atom. The van der Waals surface area contributed by atoms with Crippen LogP contribution < -0.4 is 21.7 Å². The number of methoxy groups -OCH3 is 1. The maximum atomic E-state index is 13.9. The van der Waals surface area contributed by atoms with E-state index in [1.807, 2.05) is 19.1 Å². The fourth-order valence-electron chi connectivity index (χ4n) is 3.45. The highest BCUT2D eigenvalue weighted by molar-refractivity contribution is 7.09. The zero-order valence-corrected chi connectivity index (χ0v) is 20.1. The van der Waals surface area contributed by atoms with Crippen molar-refractivity contribution in [3.63, 3.8) is 0 Å². The quantitative estimate of drug-likeness (QED) is 0.366. The fourth-order valence-corrected chi connectivity index (χ4v) is 4.19. The number of nitrogen functional groups attached to an aromatic ring is 1. The lowest BCUT2D eigenvalue weighted by molar-refractivity contribution is -0.122. The summed E-state index contributed by atoms with van der Waals surface area (Å²) in [6, 6.07) is 11.2. The second-order valence-electron chi connectivity index (χ2n) is 7.57. The van der Waals surface area contributed by atoms with Gasteiger partial charge in [0.05, 0.1) is 12.3 Å². The number of amides is 3. The average molecular weight is 500 g/mol. The van der Waals surface area contributed by atoms with E-state index in [1.165, 1.54) is 36.3 Å². The molecule has 2 aromatic carbocycles. The summed E-state index contributed by atoms with van der Waals surface area (Å²) in [4.78, 5) is 40.1. The molecule has 9 nitrogen and oxygen atoms in total. The number of nitrogens with zero attached hydrogens (tertiary/aromatic N) is 2. The summed E-state index contributed by atoms with van der Waals surface area (Å²) >= 11 is 0.713. The van der Waals surface area contributed by atoms with Crippen LogP contribution in [0.1, 0.15) is 44.3 Å². The number of ether oxygens (including phenoxy) is 1. The van der Waals surface area contributed by atoms with Crippen LogP contribution in [0.5, 0.6) is 0 Å². The molecule has 1 aromatic heterocycles. The molecule has 1 heterocycles. The Hall–Kier alpha value is -3.83. The predicted molar refractivity (Wildman–Crippen MR) is 132 cm³/mol. The van der Waals surface area contributed by atoms with Crippen molar-refractivity contribution in [2.45, 2.75) is 19.4 Å². The Bertz CT molecular complexity index is 1200. The van der Waals surface area contributed by atoms with Crippen LogP contribution in [0, 0.1) is 5.82 Å². The first-order chi connectivity index (χ1) is 16.8. The Labute approximate surface area is 206 Å². The number of nitrogens with one attached hydrogen (secondary N) is 1. The molecule has 3 aromatic rings. The number of halogens is 1. The van der Waals surface area contributed by atoms with Gasteiger partial charge >= 0.3 is 0 Å². The van der Waals surface area contributed by atoms with E-state index >= 15 is 0 Å². The number of anilines is 2. The Morgan fingerprint density at radius 3 is 2.34 bits per heavy atom. The van der Waals surface area contributed by atoms with Gasteiger partial charge in [0.1, 0.15) is 16.7 Å². The lowest BCUT2D eigenvalue weighted by Gasteiger charge is -2.31. The average Bonchev–Trinajstić information content (AvgIpc) is 3.24. The van der Waals surface area contributed by atoms with E-state index in [1.54, 1.807) is 12.1 Å². The summed E-state index contributed by atoms with van der Waals surface area (Å²) in [5.41, 5.74) is 12.8. The molecule has 0 radical (unpaired) electrons. The van der Waals surface area contributed by atoms with Crippen molar-refractivity contribution in [1.29, 1.82) is 0 Å². The molecule has 0 unspecified atom stereocenters. The van der Waals surface area contributed by atoms with E-state index in [0.29, 0.717) is 22.8 Å². The minimum atomic E-state index is -1.19. The minimum absolute atomic E-state index is 0.0461. The van der Waals surface area contributed by atoms with Crippen molar-refractivity contribution in [2.24, 2.45) is 5.73 Å². The highest BCUT2D eigenvalue weighted by Crippen LogP contribution is 2.33. The van der Waals surface area contributed by atoms with Crippen molar-refractivity contribution in [1.82, 2.24) is 9.69 Å². The van der Waals surface area contributed by atoms with Gasteiger partial charge < -0.3 is 21.5 Å². The summed E-state index contributed by atoms with van der Waals surface area (Å²) in [7, 11) is 1.50. The molecule has 184 valence electrons. The third-order valence-corrected chi connectivity index (χ3v) is 6.15. The number of rotatable bonds is 10. The molecule has 0 aliphatic carbocycles. The second kappa shape index (κ2) is 11.5. The molecule has 0 saturated carbocycles. The first-order valence-electron chi connectivity index (χ1n) is 10.8. The van der Waals surface area contributed by atoms with Crippen LogP contribution in [0.3, 0.4) is 0 Å². The minimum Gasteiger partial charge on any atom is -0.395 e. The topological polar surface area (TPSA) is 141 Å². The molecule has 5 N–H and O–H groups in total. The van der Waals surface area contributed by atoms with Gasteiger partial charge in [-0.05, 0) is 53.3 Å². The smallest absolute Gasteiger partial charge is 0.273 e. The molecule has 0 spiro atoms. The van der Waals surface area contributed by atoms with Crippen LogP contribution in [-0.2, 0) is 16.0 Å². The van der Waals surface area contributed by atoms with Gasteiger partial charge in [-0.2, -0.15) is 4.37 Å². The molecular formula is C24H26FN5O4S. The van der Waals surface area contributed by atoms with Crippen molar-refractivity contribution in [2.75, 3.05) is 30.9 Å². The van der Waals surface area contributed by atoms with Gasteiger partial charge in [0.15, 0.2) is 5.69 Å². The number of carbonyl (C=O) groups excluding carboxylic acids is 3. The van der Waals surface area contributed by atoms with Crippen LogP contribution in [0.2, 0.25) is 0 Å². The van der Waals surface area contributed by atoms with E-state index in [0.717, 1.165) is 12.0 Å². The van der Waals surface area contributed by atoms with Gasteiger partial charge in [0, 0.05) is 19.3 Å². The van der Waals surface area contributed by atoms with Gasteiger partial charge in [-0.25, -0.2) is 4.39 Å². The van der Waals surface area contributed by atoms with Crippen molar-refractivity contribution in [3.8, 4) is 0 Å². The third-order valence-electron chi connectivity index (χ3n) is 5.29. The molecule has 0 aliphatic heterocycles. The molecule has 1 atom stereocenters. The van der Waals surface area contributed by atoms with E-state index in [2.05, 4.69) is 9.69 Å². The fraction of sp³-hybridized carbons (Fsp3) is 0.250. The van der Waals surface area contributed by atoms with E-state index in [4.69, 9.17) is 16.2 Å². The van der Waals surface area contributed by atoms with Gasteiger partial charge in [0.2, 0.25) is 5.91 Å². The summed E-state index contributed by atoms with van der Waals surface area (Å²) in [5.74, 6) is -2.54. The molecule has 0 saturated heterocycles. The van der Waals surface area contributed by atoms with Gasteiger partial charge in [-0.3, -0.25) is 19.3 Å². The Morgan fingerprint density at radius 2 is 1.80 bits per heavy atom. The molecule has 35 heavy (non-hydrogen) atoms. The van der Waals surface area contributed by atoms with Gasteiger partial charge in [0.25, 0.3) is 11.8 Å². The Balaban J connectivity index is 2.17. The molecule has 3 amide bonds. The molecule has 0 fully saturated rings. The van der Waals surface area contributed by atoms with Crippen LogP contribution in [0.15, 0.2) is 48.5 Å². The zero-order chi connectivity index (χ0) is 25.5. The lowest BCUT2D eigenvalue weighted by atomic mass is 10.0. The normalized spacial score (nSPS) is 11.6. The highest BCUT2D eigenvalue weighted by Gasteiger charge is 2.36. The van der Waals surface area contributed by atoms with Crippen molar-refractivity contribution in [3.05, 3.63) is 76.0 Å². The number of aryl methyl sites for hydroxylation is 1. The summed E-state index contributed by atoms with van der Waals surface area (Å²) in [6.45, 7) is 2.44. The van der Waals surface area contributed by atoms with E-state index < -0.39 is 29.6 Å². The van der Waals surface area contributed by atoms with Gasteiger partial charge in [-0.15, -0.1) is 0 Å². The molecular weight excluding hydrogens is 473 g/mol. The molecule has 11 heteroatoms. The van der Waals surface area contributed by atoms with Crippen LogP contribution in [-0.4, -0.2) is 42.4 Å². The maximum Gasteiger partial charge on any atom is 0.273 e. The van der Waals surface area contributed by atoms with Crippen LogP contribution in [0.25, 0.3) is 0 Å². The lowest BCUT2D eigenvalue weighted by Crippen LogP contribution is -2.44. The third kappa shape index (κ3) is 5.81. The zero-order valence-electron chi connectivity index (χ0n) is 19.3. The van der Waals surface area contributed by atoms with E-state index in [-0.39, 0.29) is 29.4 Å². The first-order valence-corrected chi connectivity index (χ1v) is 11.5. The molecule has 3 rings (SSSR count). The Kier molecular flexibility index (Phi) is 8.50. The molecule has 0 bridgehead atoms. The standard InChI is InChI=1S/C24H26FN5O4S/c1-3-14-4-10-17(11-5-14)30(24(33)21-18(26)19(22(27)31)29-35-21)20(23(32)28-12-13-34-2)15-6-8-16(25)9-7-15/h4-11,20H,3,12-13,26H2,1-2H3,(H2,27,31)(H,28,32)/t20-/m0/s1. The van der Waals surface area contributed by atoms with Crippen LogP contribution in [0.4, 0.5) is 15.8 Å². The van der Waals surface area contributed by atoms with Crippen LogP contribution >= 0.6 is 11.5 Å². The number of aromatic nitrogens is 1. The monoisotopic (exact) mass is 499 g/mol. The number of hydrogen-bond acceptors (Lipinski definition) is 7. The number of carbonyl (C=O) groups is 3. The largest absolute Gasteiger partial charge is 0.395 e. The van der Waals surface area contributed by atoms with Crippen molar-refractivity contribution >= 4 is 40.6 Å². The highest BCUT2D eigenvalue weighted by atomic mass is 32.1. The van der Waals surface area contributed by atoms with Gasteiger partial charge in [-0.1, -0.05) is 31.2 Å². The number of hydrogen-bond donors (Lipinski definition) is 3. The first kappa shape index (κ1) is 25.8. The SMILES string of the molecule is CCc1ccc(N(C(=O)c2snc(C(N)=O)c2N)[C@H](C(=O)NCCOC)c2ccc(F)cc2)cc1. The number of nitrogens with two attached hydrogens (primary N) is 2. The summed E-state index contributed by atoms with van der Waals surface area (Å²) in [5, 5.41) is 2.74.